The molecule has 2 amide bonds. The maximum absolute atomic E-state index is 13.1. The smallest absolute Gasteiger partial charge is 0.410 e. The summed E-state index contributed by atoms with van der Waals surface area (Å²) in [6.07, 6.45) is -0.556. The third-order valence-electron chi connectivity index (χ3n) is 4.02. The summed E-state index contributed by atoms with van der Waals surface area (Å²) in [5, 5.41) is 2.74. The zero-order valence-electron chi connectivity index (χ0n) is 13.7. The first-order valence-corrected chi connectivity index (χ1v) is 8.13. The molecule has 1 unspecified atom stereocenters. The maximum atomic E-state index is 13.1. The van der Waals surface area contributed by atoms with Crippen LogP contribution in [0.4, 0.5) is 9.18 Å². The lowest BCUT2D eigenvalue weighted by Crippen LogP contribution is -2.36. The van der Waals surface area contributed by atoms with Crippen LogP contribution in [0.25, 0.3) is 0 Å². The largest absolute Gasteiger partial charge is 0.439 e. The van der Waals surface area contributed by atoms with Crippen molar-refractivity contribution < 1.29 is 18.7 Å². The molecule has 25 heavy (non-hydrogen) atoms. The molecule has 1 saturated heterocycles. The van der Waals surface area contributed by atoms with Gasteiger partial charge in [0.15, 0.2) is 0 Å². The fourth-order valence-electron chi connectivity index (χ4n) is 2.76. The van der Waals surface area contributed by atoms with Gasteiger partial charge >= 0.3 is 6.09 Å². The summed E-state index contributed by atoms with van der Waals surface area (Å²) in [5.41, 5.74) is 1.57. The fourth-order valence-corrected chi connectivity index (χ4v) is 2.76. The molecular formula is C19H19FN2O3. The molecule has 0 radical (unpaired) electrons. The molecule has 1 aliphatic heterocycles. The lowest BCUT2D eigenvalue weighted by Gasteiger charge is -2.13. The highest BCUT2D eigenvalue weighted by Crippen LogP contribution is 2.25. The van der Waals surface area contributed by atoms with Gasteiger partial charge in [0.25, 0.3) is 0 Å². The van der Waals surface area contributed by atoms with E-state index in [4.69, 9.17) is 4.74 Å². The molecule has 5 nitrogen and oxygen atoms in total. The Hall–Kier alpha value is -2.89. The first kappa shape index (κ1) is 17.0. The van der Waals surface area contributed by atoms with E-state index in [2.05, 4.69) is 5.32 Å². The van der Waals surface area contributed by atoms with Crippen LogP contribution < -0.4 is 5.32 Å². The SMILES string of the molecule is O=C(Cc1cccc(F)c1)NCCN1CC(c2ccccc2)OC1=O. The Bertz CT molecular complexity index is 751. The number of nitrogens with zero attached hydrogens (tertiary/aromatic N) is 1. The predicted molar refractivity (Wildman–Crippen MR) is 90.4 cm³/mol. The Labute approximate surface area is 145 Å². The van der Waals surface area contributed by atoms with Gasteiger partial charge in [0.1, 0.15) is 11.9 Å². The van der Waals surface area contributed by atoms with E-state index in [1.807, 2.05) is 30.3 Å². The molecule has 3 rings (SSSR count). The van der Waals surface area contributed by atoms with Crippen molar-refractivity contribution in [3.8, 4) is 0 Å². The fraction of sp³-hybridized carbons (Fsp3) is 0.263. The van der Waals surface area contributed by atoms with E-state index < -0.39 is 0 Å². The molecule has 6 heteroatoms. The zero-order valence-corrected chi connectivity index (χ0v) is 13.7. The van der Waals surface area contributed by atoms with Crippen LogP contribution in [0.1, 0.15) is 17.2 Å². The first-order valence-electron chi connectivity index (χ1n) is 8.13. The van der Waals surface area contributed by atoms with Crippen LogP contribution in [0.3, 0.4) is 0 Å². The lowest BCUT2D eigenvalue weighted by atomic mass is 10.1. The summed E-state index contributed by atoms with van der Waals surface area (Å²) in [4.78, 5) is 25.4. The minimum Gasteiger partial charge on any atom is -0.439 e. The van der Waals surface area contributed by atoms with Crippen molar-refractivity contribution in [2.75, 3.05) is 19.6 Å². The van der Waals surface area contributed by atoms with E-state index in [1.54, 1.807) is 17.0 Å². The van der Waals surface area contributed by atoms with Crippen molar-refractivity contribution in [2.45, 2.75) is 12.5 Å². The monoisotopic (exact) mass is 342 g/mol. The van der Waals surface area contributed by atoms with Gasteiger partial charge in [-0.25, -0.2) is 9.18 Å². The molecule has 2 aromatic rings. The summed E-state index contributed by atoms with van der Waals surface area (Å²) in [6, 6.07) is 15.5. The number of halogens is 1. The van der Waals surface area contributed by atoms with E-state index in [0.717, 1.165) is 5.56 Å². The summed E-state index contributed by atoms with van der Waals surface area (Å²) in [5.74, 6) is -0.574. The number of hydrogen-bond donors (Lipinski definition) is 1. The van der Waals surface area contributed by atoms with E-state index in [1.165, 1.54) is 12.1 Å². The topological polar surface area (TPSA) is 58.6 Å². The van der Waals surface area contributed by atoms with Crippen molar-refractivity contribution in [3.05, 3.63) is 71.5 Å². The van der Waals surface area contributed by atoms with Crippen LogP contribution >= 0.6 is 0 Å². The number of carbonyl (C=O) groups is 2. The molecule has 130 valence electrons. The second kappa shape index (κ2) is 7.79. The first-order chi connectivity index (χ1) is 12.1. The summed E-state index contributed by atoms with van der Waals surface area (Å²) >= 11 is 0. The van der Waals surface area contributed by atoms with Crippen LogP contribution in [-0.2, 0) is 16.0 Å². The molecule has 0 aromatic heterocycles. The molecule has 0 bridgehead atoms. The number of amides is 2. The van der Waals surface area contributed by atoms with Gasteiger partial charge in [-0.3, -0.25) is 4.79 Å². The Morgan fingerprint density at radius 3 is 2.76 bits per heavy atom. The van der Waals surface area contributed by atoms with E-state index >= 15 is 0 Å². The molecule has 1 heterocycles. The standard InChI is InChI=1S/C19H19FN2O3/c20-16-8-4-5-14(11-16)12-18(23)21-9-10-22-13-17(25-19(22)24)15-6-2-1-3-7-15/h1-8,11,17H,9-10,12-13H2,(H,21,23). The van der Waals surface area contributed by atoms with Crippen LogP contribution in [0.2, 0.25) is 0 Å². The van der Waals surface area contributed by atoms with Gasteiger partial charge in [-0.05, 0) is 23.3 Å². The van der Waals surface area contributed by atoms with Gasteiger partial charge in [0, 0.05) is 13.1 Å². The van der Waals surface area contributed by atoms with Gasteiger partial charge < -0.3 is 15.0 Å². The summed E-state index contributed by atoms with van der Waals surface area (Å²) in [7, 11) is 0. The molecule has 0 saturated carbocycles. The second-order valence-corrected chi connectivity index (χ2v) is 5.89. The van der Waals surface area contributed by atoms with Crippen molar-refractivity contribution >= 4 is 12.0 Å². The highest BCUT2D eigenvalue weighted by atomic mass is 19.1. The van der Waals surface area contributed by atoms with Gasteiger partial charge in [-0.2, -0.15) is 0 Å². The average Bonchev–Trinajstić information content (AvgIpc) is 2.97. The maximum Gasteiger partial charge on any atom is 0.410 e. The Balaban J connectivity index is 1.44. The number of benzene rings is 2. The molecular weight excluding hydrogens is 323 g/mol. The van der Waals surface area contributed by atoms with Crippen molar-refractivity contribution in [2.24, 2.45) is 0 Å². The van der Waals surface area contributed by atoms with Crippen LogP contribution in [-0.4, -0.2) is 36.5 Å². The van der Waals surface area contributed by atoms with Crippen LogP contribution in [0.5, 0.6) is 0 Å². The van der Waals surface area contributed by atoms with Gasteiger partial charge in [0.2, 0.25) is 5.91 Å². The van der Waals surface area contributed by atoms with Crippen LogP contribution in [0, 0.1) is 5.82 Å². The minimum absolute atomic E-state index is 0.106. The number of rotatable bonds is 6. The van der Waals surface area contributed by atoms with Crippen LogP contribution in [0.15, 0.2) is 54.6 Å². The molecule has 1 atom stereocenters. The van der Waals surface area contributed by atoms with Gasteiger partial charge in [0.05, 0.1) is 13.0 Å². The average molecular weight is 342 g/mol. The van der Waals surface area contributed by atoms with Crippen molar-refractivity contribution in [3.63, 3.8) is 0 Å². The van der Waals surface area contributed by atoms with E-state index in [-0.39, 0.29) is 30.3 Å². The number of ether oxygens (including phenoxy) is 1. The number of hydrogen-bond acceptors (Lipinski definition) is 3. The summed E-state index contributed by atoms with van der Waals surface area (Å²) in [6.45, 7) is 1.16. The molecule has 1 N–H and O–H groups in total. The Morgan fingerprint density at radius 2 is 2.00 bits per heavy atom. The summed E-state index contributed by atoms with van der Waals surface area (Å²) < 4.78 is 18.5. The molecule has 1 fully saturated rings. The minimum atomic E-state index is -0.381. The van der Waals surface area contributed by atoms with Gasteiger partial charge in [-0.1, -0.05) is 42.5 Å². The highest BCUT2D eigenvalue weighted by molar-refractivity contribution is 5.78. The number of carbonyl (C=O) groups excluding carboxylic acids is 2. The van der Waals surface area contributed by atoms with E-state index in [9.17, 15) is 14.0 Å². The van der Waals surface area contributed by atoms with Gasteiger partial charge in [-0.15, -0.1) is 0 Å². The number of nitrogens with one attached hydrogen (secondary N) is 1. The number of cyclic esters (lactones) is 1. The van der Waals surface area contributed by atoms with Crippen molar-refractivity contribution in [1.82, 2.24) is 10.2 Å². The normalized spacial score (nSPS) is 16.6. The molecule has 2 aromatic carbocycles. The molecule has 1 aliphatic rings. The predicted octanol–water partition coefficient (Wildman–Crippen LogP) is 2.68. The second-order valence-electron chi connectivity index (χ2n) is 5.89. The third-order valence-corrected chi connectivity index (χ3v) is 4.02. The highest BCUT2D eigenvalue weighted by Gasteiger charge is 2.31. The lowest BCUT2D eigenvalue weighted by molar-refractivity contribution is -0.120. The Kier molecular flexibility index (Phi) is 5.28. The molecule has 0 aliphatic carbocycles. The molecule has 0 spiro atoms. The third kappa shape index (κ3) is 4.56. The van der Waals surface area contributed by atoms with E-state index in [0.29, 0.717) is 25.2 Å². The van der Waals surface area contributed by atoms with Crippen molar-refractivity contribution in [1.29, 1.82) is 0 Å². The Morgan fingerprint density at radius 1 is 1.20 bits per heavy atom. The zero-order chi connectivity index (χ0) is 17.6. The quantitative estimate of drug-likeness (QED) is 0.878.